The molecule has 2 N–H and O–H groups in total. The van der Waals surface area contributed by atoms with Gasteiger partial charge in [-0.05, 0) is 82.3 Å². The highest BCUT2D eigenvalue weighted by Gasteiger charge is 2.12. The van der Waals surface area contributed by atoms with Crippen LogP contribution < -0.4 is 0 Å². The number of aryl methyl sites for hydroxylation is 2. The molecule has 0 fully saturated rings. The van der Waals surface area contributed by atoms with Crippen LogP contribution >= 0.6 is 0 Å². The standard InChI is InChI=1S/C56H82N2/c1-3-5-7-9-11-13-15-17-19-21-23-25-27-29-31-33-45-43-53-51-37-35-48-47(49(51)39-41-55(53)57-45)36-38-52-50(48)40-42-56-54(52)44-46(58-56)34-32-30-28-26-24-22-20-18-16-14-12-10-8-6-4-2/h35-44,57-58H,3-34H2,1-2H3. The SMILES string of the molecule is CCCCCCCCCCCCCCCCCc1cc2c(ccc3c2ccc2c4ccc5[nH]c(CCCCCCCCCCCCCCCCC)cc5c4ccc32)[nH]1. The number of nitrogens with one attached hydrogen (secondary N) is 2. The molecule has 2 aromatic heterocycles. The maximum Gasteiger partial charge on any atom is 0.0462 e. The number of hydrogen-bond acceptors (Lipinski definition) is 0. The minimum atomic E-state index is 1.15. The molecule has 0 radical (unpaired) electrons. The van der Waals surface area contributed by atoms with Crippen molar-refractivity contribution in [2.24, 2.45) is 0 Å². The number of aromatic amines is 2. The summed E-state index contributed by atoms with van der Waals surface area (Å²) in [5.41, 5.74) is 5.34. The van der Waals surface area contributed by atoms with Gasteiger partial charge in [0.1, 0.15) is 0 Å². The molecule has 2 heterocycles. The molecule has 0 aliphatic rings. The van der Waals surface area contributed by atoms with Crippen LogP contribution in [0.4, 0.5) is 0 Å². The van der Waals surface area contributed by atoms with Gasteiger partial charge in [-0.2, -0.15) is 0 Å². The average molecular weight is 783 g/mol. The monoisotopic (exact) mass is 783 g/mol. The summed E-state index contributed by atoms with van der Waals surface area (Å²) in [5, 5.41) is 11.0. The smallest absolute Gasteiger partial charge is 0.0462 e. The minimum absolute atomic E-state index is 1.15. The molecule has 0 atom stereocenters. The fourth-order valence-electron chi connectivity index (χ4n) is 10.0. The van der Waals surface area contributed by atoms with Gasteiger partial charge in [0, 0.05) is 33.2 Å². The lowest BCUT2D eigenvalue weighted by molar-refractivity contribution is 0.532. The average Bonchev–Trinajstić information content (AvgIpc) is 3.87. The van der Waals surface area contributed by atoms with E-state index in [1.165, 1.54) is 258 Å². The first kappa shape index (κ1) is 44.3. The van der Waals surface area contributed by atoms with Crippen LogP contribution in [0.2, 0.25) is 0 Å². The van der Waals surface area contributed by atoms with Crippen molar-refractivity contribution in [1.82, 2.24) is 9.97 Å². The van der Waals surface area contributed by atoms with E-state index in [2.05, 4.69) is 84.5 Å². The Hall–Kier alpha value is -3.26. The van der Waals surface area contributed by atoms with Gasteiger partial charge < -0.3 is 9.97 Å². The van der Waals surface area contributed by atoms with E-state index in [-0.39, 0.29) is 0 Å². The molecule has 6 aromatic rings. The van der Waals surface area contributed by atoms with Gasteiger partial charge in [0.15, 0.2) is 0 Å². The summed E-state index contributed by atoms with van der Waals surface area (Å²) in [5.74, 6) is 0. The first-order chi connectivity index (χ1) is 28.8. The van der Waals surface area contributed by atoms with E-state index in [0.29, 0.717) is 0 Å². The Balaban J connectivity index is 0.921. The highest BCUT2D eigenvalue weighted by Crippen LogP contribution is 2.37. The third kappa shape index (κ3) is 13.4. The Morgan fingerprint density at radius 2 is 0.483 bits per heavy atom. The maximum atomic E-state index is 3.78. The van der Waals surface area contributed by atoms with Gasteiger partial charge in [-0.3, -0.25) is 0 Å². The van der Waals surface area contributed by atoms with Crippen LogP contribution in [0.15, 0.2) is 60.7 Å². The Kier molecular flexibility index (Phi) is 19.4. The molecule has 0 aliphatic heterocycles. The lowest BCUT2D eigenvalue weighted by atomic mass is 9.94. The van der Waals surface area contributed by atoms with E-state index in [9.17, 15) is 0 Å². The third-order valence-electron chi connectivity index (χ3n) is 13.6. The molecule has 0 unspecified atom stereocenters. The summed E-state index contributed by atoms with van der Waals surface area (Å²) in [6.45, 7) is 4.61. The third-order valence-corrected chi connectivity index (χ3v) is 13.6. The minimum Gasteiger partial charge on any atom is -0.358 e. The van der Waals surface area contributed by atoms with Gasteiger partial charge in [-0.1, -0.05) is 230 Å². The summed E-state index contributed by atoms with van der Waals surface area (Å²) in [4.78, 5) is 7.55. The molecule has 0 aliphatic carbocycles. The first-order valence-electron chi connectivity index (χ1n) is 25.2. The second kappa shape index (κ2) is 25.4. The molecule has 0 amide bonds. The fourth-order valence-corrected chi connectivity index (χ4v) is 10.0. The lowest BCUT2D eigenvalue weighted by Gasteiger charge is -2.09. The van der Waals surface area contributed by atoms with Gasteiger partial charge in [0.05, 0.1) is 0 Å². The van der Waals surface area contributed by atoms with Crippen LogP contribution in [0.3, 0.4) is 0 Å². The predicted molar refractivity (Wildman–Crippen MR) is 260 cm³/mol. The van der Waals surface area contributed by atoms with Crippen molar-refractivity contribution in [2.75, 3.05) is 0 Å². The number of fused-ring (bicyclic) bond motifs is 9. The molecule has 2 heteroatoms. The zero-order chi connectivity index (χ0) is 40.0. The molecule has 316 valence electrons. The lowest BCUT2D eigenvalue weighted by Crippen LogP contribution is -1.86. The van der Waals surface area contributed by atoms with Crippen LogP contribution in [0, 0.1) is 0 Å². The molecule has 6 rings (SSSR count). The van der Waals surface area contributed by atoms with Gasteiger partial charge in [0.2, 0.25) is 0 Å². The van der Waals surface area contributed by atoms with E-state index in [0.717, 1.165) is 12.8 Å². The Morgan fingerprint density at radius 1 is 0.259 bits per heavy atom. The van der Waals surface area contributed by atoms with Crippen LogP contribution in [-0.4, -0.2) is 9.97 Å². The van der Waals surface area contributed by atoms with E-state index in [1.807, 2.05) is 0 Å². The second-order valence-corrected chi connectivity index (χ2v) is 18.5. The van der Waals surface area contributed by atoms with Crippen molar-refractivity contribution in [1.29, 1.82) is 0 Å². The van der Waals surface area contributed by atoms with Gasteiger partial charge >= 0.3 is 0 Å². The Bertz CT molecular complexity index is 1890. The van der Waals surface area contributed by atoms with Crippen LogP contribution in [0.25, 0.3) is 54.1 Å². The highest BCUT2D eigenvalue weighted by molar-refractivity contribution is 6.24. The Labute approximate surface area is 354 Å². The zero-order valence-electron chi connectivity index (χ0n) is 37.4. The van der Waals surface area contributed by atoms with Gasteiger partial charge in [-0.15, -0.1) is 0 Å². The van der Waals surface area contributed by atoms with Crippen molar-refractivity contribution in [3.8, 4) is 0 Å². The molecule has 0 saturated heterocycles. The topological polar surface area (TPSA) is 31.6 Å². The molecule has 0 spiro atoms. The number of hydrogen-bond donors (Lipinski definition) is 2. The molecule has 4 aromatic carbocycles. The number of aromatic nitrogens is 2. The first-order valence-corrected chi connectivity index (χ1v) is 25.2. The molecule has 0 bridgehead atoms. The van der Waals surface area contributed by atoms with E-state index in [4.69, 9.17) is 0 Å². The molecule has 0 saturated carbocycles. The second-order valence-electron chi connectivity index (χ2n) is 18.5. The largest absolute Gasteiger partial charge is 0.358 e. The molecule has 2 nitrogen and oxygen atoms in total. The van der Waals surface area contributed by atoms with E-state index >= 15 is 0 Å². The van der Waals surface area contributed by atoms with Crippen molar-refractivity contribution < 1.29 is 0 Å². The van der Waals surface area contributed by atoms with E-state index in [1.54, 1.807) is 0 Å². The van der Waals surface area contributed by atoms with Crippen LogP contribution in [-0.2, 0) is 12.8 Å². The fraction of sp³-hybridized carbons (Fsp3) is 0.607. The van der Waals surface area contributed by atoms with Crippen molar-refractivity contribution >= 4 is 54.1 Å². The molecule has 58 heavy (non-hydrogen) atoms. The van der Waals surface area contributed by atoms with Gasteiger partial charge in [0.25, 0.3) is 0 Å². The summed E-state index contributed by atoms with van der Waals surface area (Å²) in [7, 11) is 0. The van der Waals surface area contributed by atoms with E-state index < -0.39 is 0 Å². The van der Waals surface area contributed by atoms with Crippen LogP contribution in [0.5, 0.6) is 0 Å². The summed E-state index contributed by atoms with van der Waals surface area (Å²) in [6.07, 6.45) is 44.8. The van der Waals surface area contributed by atoms with Gasteiger partial charge in [-0.25, -0.2) is 0 Å². The van der Waals surface area contributed by atoms with Crippen molar-refractivity contribution in [3.05, 3.63) is 72.1 Å². The zero-order valence-corrected chi connectivity index (χ0v) is 37.4. The number of H-pyrrole nitrogens is 2. The number of unbranched alkanes of at least 4 members (excludes halogenated alkanes) is 28. The Morgan fingerprint density at radius 3 is 0.759 bits per heavy atom. The van der Waals surface area contributed by atoms with Crippen molar-refractivity contribution in [3.63, 3.8) is 0 Å². The quantitative estimate of drug-likeness (QED) is 0.0315. The summed E-state index contributed by atoms with van der Waals surface area (Å²) < 4.78 is 0. The van der Waals surface area contributed by atoms with Crippen molar-refractivity contribution in [2.45, 2.75) is 219 Å². The molecular weight excluding hydrogens is 701 g/mol. The number of benzene rings is 4. The highest BCUT2D eigenvalue weighted by atomic mass is 14.7. The predicted octanol–water partition coefficient (Wildman–Crippen LogP) is 18.9. The van der Waals surface area contributed by atoms with Crippen LogP contribution in [0.1, 0.15) is 218 Å². The maximum absolute atomic E-state index is 3.78. The number of rotatable bonds is 32. The normalized spacial score (nSPS) is 12.1. The summed E-state index contributed by atoms with van der Waals surface area (Å²) in [6, 6.07) is 23.8. The molecular formula is C56H82N2. The summed E-state index contributed by atoms with van der Waals surface area (Å²) >= 11 is 0.